The molecule has 0 fully saturated rings. The normalized spacial score (nSPS) is 11.8. The fourth-order valence-corrected chi connectivity index (χ4v) is 1.66. The Morgan fingerprint density at radius 3 is 2.40 bits per heavy atom. The molecule has 10 heavy (non-hydrogen) atoms. The van der Waals surface area contributed by atoms with Crippen LogP contribution in [0.25, 0.3) is 0 Å². The lowest BCUT2D eigenvalue weighted by molar-refractivity contribution is 0.602. The lowest BCUT2D eigenvalue weighted by atomic mass is 10.7. The maximum absolute atomic E-state index is 10.8. The Kier molecular flexibility index (Phi) is 1.87. The minimum absolute atomic E-state index is 0.323. The quantitative estimate of drug-likeness (QED) is 0.715. The minimum Gasteiger partial charge on any atom is -0.290 e. The molecule has 0 spiro atoms. The highest BCUT2D eigenvalue weighted by Gasteiger charge is 2.06. The van der Waals surface area contributed by atoms with Gasteiger partial charge in [0.05, 0.1) is 21.0 Å². The third kappa shape index (κ3) is 1.60. The van der Waals surface area contributed by atoms with Crippen molar-refractivity contribution in [3.8, 4) is 0 Å². The Bertz CT molecular complexity index is 327. The standard InChI is InChI=1S/C5H6BrNO2S/c1-10(8,9)5-2-3-7(6)4-5/h2-4H,1H3. The average Bonchev–Trinajstić information content (AvgIpc) is 2.11. The van der Waals surface area contributed by atoms with Crippen LogP contribution >= 0.6 is 16.1 Å². The molecule has 0 radical (unpaired) electrons. The van der Waals surface area contributed by atoms with E-state index in [-0.39, 0.29) is 0 Å². The zero-order valence-electron chi connectivity index (χ0n) is 5.28. The number of aromatic nitrogens is 1. The summed E-state index contributed by atoms with van der Waals surface area (Å²) >= 11 is 3.08. The second-order valence-corrected chi connectivity index (χ2v) is 4.80. The lowest BCUT2D eigenvalue weighted by Gasteiger charge is -1.87. The molecule has 1 aromatic heterocycles. The third-order valence-corrected chi connectivity index (χ3v) is 2.60. The van der Waals surface area contributed by atoms with E-state index in [0.29, 0.717) is 4.90 Å². The fraction of sp³-hybridized carbons (Fsp3) is 0.200. The Labute approximate surface area is 67.9 Å². The summed E-state index contributed by atoms with van der Waals surface area (Å²) in [5.41, 5.74) is 0. The molecule has 0 saturated carbocycles. The molecule has 5 heteroatoms. The van der Waals surface area contributed by atoms with Gasteiger partial charge in [-0.15, -0.1) is 0 Å². The maximum atomic E-state index is 10.8. The third-order valence-electron chi connectivity index (χ3n) is 1.06. The van der Waals surface area contributed by atoms with Crippen LogP contribution in [0.15, 0.2) is 23.4 Å². The Hall–Kier alpha value is -0.290. The van der Waals surface area contributed by atoms with Gasteiger partial charge in [0.2, 0.25) is 0 Å². The molecule has 1 heterocycles. The summed E-state index contributed by atoms with van der Waals surface area (Å²) in [4.78, 5) is 0.323. The van der Waals surface area contributed by atoms with E-state index in [2.05, 4.69) is 16.1 Å². The van der Waals surface area contributed by atoms with Gasteiger partial charge >= 0.3 is 0 Å². The molecule has 3 nitrogen and oxygen atoms in total. The molecule has 0 amide bonds. The van der Waals surface area contributed by atoms with E-state index < -0.39 is 9.84 Å². The predicted octanol–water partition coefficient (Wildman–Crippen LogP) is 1.05. The van der Waals surface area contributed by atoms with Crippen molar-refractivity contribution in [3.63, 3.8) is 0 Å². The summed E-state index contributed by atoms with van der Waals surface area (Å²) < 4.78 is 23.1. The van der Waals surface area contributed by atoms with Crippen molar-refractivity contribution >= 4 is 26.0 Å². The van der Waals surface area contributed by atoms with Gasteiger partial charge in [-0.25, -0.2) is 8.42 Å². The molecule has 56 valence electrons. The monoisotopic (exact) mass is 223 g/mol. The smallest absolute Gasteiger partial charge is 0.177 e. The van der Waals surface area contributed by atoms with Crippen LogP contribution in [0.1, 0.15) is 0 Å². The summed E-state index contributed by atoms with van der Waals surface area (Å²) in [5.74, 6) is 0. The Morgan fingerprint density at radius 2 is 2.20 bits per heavy atom. The van der Waals surface area contributed by atoms with Gasteiger partial charge in [-0.05, 0) is 6.07 Å². The highest BCUT2D eigenvalue weighted by atomic mass is 79.9. The summed E-state index contributed by atoms with van der Waals surface area (Å²) in [7, 11) is -3.03. The largest absolute Gasteiger partial charge is 0.290 e. The first-order chi connectivity index (χ1) is 4.50. The van der Waals surface area contributed by atoms with Crippen LogP contribution in [0, 0.1) is 0 Å². The van der Waals surface area contributed by atoms with Crippen LogP contribution < -0.4 is 0 Å². The van der Waals surface area contributed by atoms with Gasteiger partial charge in [-0.1, -0.05) is 0 Å². The molecule has 1 rings (SSSR count). The maximum Gasteiger partial charge on any atom is 0.177 e. The molecule has 0 aliphatic carbocycles. The fourth-order valence-electron chi connectivity index (χ4n) is 0.572. The van der Waals surface area contributed by atoms with Crippen LogP contribution in [0.5, 0.6) is 0 Å². The van der Waals surface area contributed by atoms with Crippen molar-refractivity contribution in [2.75, 3.05) is 6.26 Å². The average molecular weight is 224 g/mol. The van der Waals surface area contributed by atoms with E-state index in [0.717, 1.165) is 0 Å². The summed E-state index contributed by atoms with van der Waals surface area (Å²) in [6.45, 7) is 0. The van der Waals surface area contributed by atoms with E-state index >= 15 is 0 Å². The number of hydrogen-bond acceptors (Lipinski definition) is 2. The van der Waals surface area contributed by atoms with Gasteiger partial charge in [0.15, 0.2) is 9.84 Å². The van der Waals surface area contributed by atoms with E-state index in [9.17, 15) is 8.42 Å². The van der Waals surface area contributed by atoms with Crippen molar-refractivity contribution in [1.82, 2.24) is 3.59 Å². The first kappa shape index (κ1) is 7.81. The van der Waals surface area contributed by atoms with Gasteiger partial charge < -0.3 is 0 Å². The lowest BCUT2D eigenvalue weighted by Crippen LogP contribution is -1.93. The Balaban J connectivity index is 3.21. The molecule has 0 N–H and O–H groups in total. The van der Waals surface area contributed by atoms with E-state index in [1.165, 1.54) is 22.1 Å². The van der Waals surface area contributed by atoms with Crippen molar-refractivity contribution in [1.29, 1.82) is 0 Å². The number of hydrogen-bond donors (Lipinski definition) is 0. The van der Waals surface area contributed by atoms with Gasteiger partial charge in [0, 0.05) is 18.6 Å². The first-order valence-corrected chi connectivity index (χ1v) is 5.14. The SMILES string of the molecule is CS(=O)(=O)c1ccn(Br)c1. The van der Waals surface area contributed by atoms with Crippen molar-refractivity contribution in [2.24, 2.45) is 0 Å². The van der Waals surface area contributed by atoms with Crippen LogP contribution in [-0.2, 0) is 9.84 Å². The van der Waals surface area contributed by atoms with Crippen LogP contribution in [-0.4, -0.2) is 18.3 Å². The molecule has 0 unspecified atom stereocenters. The van der Waals surface area contributed by atoms with Crippen molar-refractivity contribution in [2.45, 2.75) is 4.90 Å². The van der Waals surface area contributed by atoms with Gasteiger partial charge in [0.1, 0.15) is 0 Å². The number of nitrogens with zero attached hydrogens (tertiary/aromatic N) is 1. The second kappa shape index (κ2) is 2.39. The summed E-state index contributed by atoms with van der Waals surface area (Å²) in [6, 6.07) is 1.53. The van der Waals surface area contributed by atoms with E-state index in [4.69, 9.17) is 0 Å². The number of halogens is 1. The minimum atomic E-state index is -3.03. The molecule has 0 saturated heterocycles. The summed E-state index contributed by atoms with van der Waals surface area (Å²) in [5, 5.41) is 0. The molecule has 0 atom stereocenters. The van der Waals surface area contributed by atoms with Crippen molar-refractivity contribution in [3.05, 3.63) is 18.5 Å². The highest BCUT2D eigenvalue weighted by molar-refractivity contribution is 9.08. The second-order valence-electron chi connectivity index (χ2n) is 1.96. The van der Waals surface area contributed by atoms with E-state index in [1.54, 1.807) is 6.20 Å². The molecular formula is C5H6BrNO2S. The molecule has 0 aliphatic heterocycles. The zero-order chi connectivity index (χ0) is 7.78. The van der Waals surface area contributed by atoms with Gasteiger partial charge in [-0.3, -0.25) is 3.59 Å². The number of sulfone groups is 1. The van der Waals surface area contributed by atoms with Gasteiger partial charge in [-0.2, -0.15) is 0 Å². The van der Waals surface area contributed by atoms with Crippen molar-refractivity contribution < 1.29 is 8.42 Å². The zero-order valence-corrected chi connectivity index (χ0v) is 7.68. The van der Waals surface area contributed by atoms with Crippen LogP contribution in [0.2, 0.25) is 0 Å². The predicted molar refractivity (Wildman–Crippen MR) is 41.9 cm³/mol. The highest BCUT2D eigenvalue weighted by Crippen LogP contribution is 2.09. The first-order valence-electron chi connectivity index (χ1n) is 2.54. The molecule has 0 bridgehead atoms. The topological polar surface area (TPSA) is 39.1 Å². The Morgan fingerprint density at radius 1 is 1.60 bits per heavy atom. The number of rotatable bonds is 1. The molecule has 0 aliphatic rings. The van der Waals surface area contributed by atoms with Crippen LogP contribution in [0.3, 0.4) is 0 Å². The molecule has 1 aromatic rings. The molecular weight excluding hydrogens is 218 g/mol. The summed E-state index contributed by atoms with van der Waals surface area (Å²) in [6.07, 6.45) is 4.29. The van der Waals surface area contributed by atoms with Crippen LogP contribution in [0.4, 0.5) is 0 Å². The van der Waals surface area contributed by atoms with Gasteiger partial charge in [0.25, 0.3) is 0 Å². The van der Waals surface area contributed by atoms with E-state index in [1.807, 2.05) is 0 Å². The molecule has 0 aromatic carbocycles.